The van der Waals surface area contributed by atoms with E-state index in [9.17, 15) is 9.59 Å². The van der Waals surface area contributed by atoms with Gasteiger partial charge in [0.15, 0.2) is 5.76 Å². The number of benzene rings is 2. The largest absolute Gasteiger partial charge is 0.459 e. The van der Waals surface area contributed by atoms with E-state index in [1.54, 1.807) is 36.4 Å². The number of hydrogen-bond donors (Lipinski definition) is 2. The summed E-state index contributed by atoms with van der Waals surface area (Å²) in [4.78, 5) is 24.5. The van der Waals surface area contributed by atoms with Gasteiger partial charge in [-0.25, -0.2) is 0 Å². The molecule has 5 nitrogen and oxygen atoms in total. The first-order valence-electron chi connectivity index (χ1n) is 8.48. The molecule has 2 aromatic carbocycles. The van der Waals surface area contributed by atoms with Crippen LogP contribution in [0.3, 0.4) is 0 Å². The number of furan rings is 1. The molecule has 1 aromatic heterocycles. The number of anilines is 2. The van der Waals surface area contributed by atoms with E-state index in [4.69, 9.17) is 4.42 Å². The SMILES string of the molecule is CC[C@@H](C(=O)Nc1ccc(NC(=O)c2ccco2)cc1)c1ccccc1. The minimum absolute atomic E-state index is 0.0499. The van der Waals surface area contributed by atoms with Crippen molar-refractivity contribution in [3.63, 3.8) is 0 Å². The van der Waals surface area contributed by atoms with Gasteiger partial charge in [0.1, 0.15) is 0 Å². The Labute approximate surface area is 152 Å². The first-order chi connectivity index (χ1) is 12.7. The van der Waals surface area contributed by atoms with Crippen LogP contribution in [0.25, 0.3) is 0 Å². The lowest BCUT2D eigenvalue weighted by Gasteiger charge is -2.15. The summed E-state index contributed by atoms with van der Waals surface area (Å²) in [5, 5.41) is 5.67. The Morgan fingerprint density at radius 3 is 2.12 bits per heavy atom. The van der Waals surface area contributed by atoms with Crippen molar-refractivity contribution in [3.05, 3.63) is 84.3 Å². The van der Waals surface area contributed by atoms with Gasteiger partial charge in [0.2, 0.25) is 5.91 Å². The topological polar surface area (TPSA) is 71.3 Å². The molecule has 0 aliphatic heterocycles. The molecule has 0 unspecified atom stereocenters. The molecule has 3 rings (SSSR count). The lowest BCUT2D eigenvalue weighted by molar-refractivity contribution is -0.117. The third-order valence-corrected chi connectivity index (χ3v) is 4.08. The van der Waals surface area contributed by atoms with Crippen molar-refractivity contribution in [2.75, 3.05) is 10.6 Å². The van der Waals surface area contributed by atoms with Crippen LogP contribution in [0.2, 0.25) is 0 Å². The first kappa shape index (κ1) is 17.5. The Morgan fingerprint density at radius 2 is 1.54 bits per heavy atom. The third kappa shape index (κ3) is 4.19. The fourth-order valence-corrected chi connectivity index (χ4v) is 2.72. The highest BCUT2D eigenvalue weighted by Crippen LogP contribution is 2.22. The van der Waals surface area contributed by atoms with Crippen LogP contribution < -0.4 is 10.6 Å². The molecule has 0 aliphatic rings. The zero-order valence-corrected chi connectivity index (χ0v) is 14.4. The molecule has 1 atom stereocenters. The minimum atomic E-state index is -0.318. The van der Waals surface area contributed by atoms with Gasteiger partial charge in [-0.05, 0) is 48.4 Å². The highest BCUT2D eigenvalue weighted by molar-refractivity contribution is 6.02. The van der Waals surface area contributed by atoms with E-state index in [0.717, 1.165) is 5.56 Å². The predicted octanol–water partition coefficient (Wildman–Crippen LogP) is 4.66. The van der Waals surface area contributed by atoms with Crippen molar-refractivity contribution < 1.29 is 14.0 Å². The summed E-state index contributed by atoms with van der Waals surface area (Å²) in [6.45, 7) is 1.99. The van der Waals surface area contributed by atoms with Crippen LogP contribution in [0.5, 0.6) is 0 Å². The summed E-state index contributed by atoms with van der Waals surface area (Å²) in [7, 11) is 0. The van der Waals surface area contributed by atoms with E-state index >= 15 is 0 Å². The molecule has 26 heavy (non-hydrogen) atoms. The molecule has 1 heterocycles. The van der Waals surface area contributed by atoms with Crippen LogP contribution in [-0.4, -0.2) is 11.8 Å². The highest BCUT2D eigenvalue weighted by atomic mass is 16.3. The zero-order chi connectivity index (χ0) is 18.4. The molecule has 0 radical (unpaired) electrons. The lowest BCUT2D eigenvalue weighted by Crippen LogP contribution is -2.20. The molecule has 0 bridgehead atoms. The Balaban J connectivity index is 1.63. The normalized spacial score (nSPS) is 11.6. The summed E-state index contributed by atoms with van der Waals surface area (Å²) < 4.78 is 5.06. The maximum atomic E-state index is 12.6. The molecule has 2 amide bonds. The minimum Gasteiger partial charge on any atom is -0.459 e. The van der Waals surface area contributed by atoms with E-state index in [0.29, 0.717) is 17.8 Å². The Morgan fingerprint density at radius 1 is 0.885 bits per heavy atom. The number of carbonyl (C=O) groups is 2. The van der Waals surface area contributed by atoms with Gasteiger partial charge in [0.05, 0.1) is 12.2 Å². The molecule has 0 saturated carbocycles. The molecule has 3 aromatic rings. The van der Waals surface area contributed by atoms with E-state index < -0.39 is 0 Å². The Bertz CT molecular complexity index is 856. The van der Waals surface area contributed by atoms with Crippen molar-refractivity contribution in [2.24, 2.45) is 0 Å². The molecule has 0 aliphatic carbocycles. The maximum Gasteiger partial charge on any atom is 0.291 e. The molecule has 5 heteroatoms. The summed E-state index contributed by atoms with van der Waals surface area (Å²) in [5.74, 6) is -0.321. The summed E-state index contributed by atoms with van der Waals surface area (Å²) >= 11 is 0. The van der Waals surface area contributed by atoms with Crippen LogP contribution in [0.4, 0.5) is 11.4 Å². The van der Waals surface area contributed by atoms with E-state index in [1.807, 2.05) is 37.3 Å². The molecule has 132 valence electrons. The molecule has 0 fully saturated rings. The van der Waals surface area contributed by atoms with Crippen LogP contribution in [0.15, 0.2) is 77.4 Å². The Kier molecular flexibility index (Phi) is 5.49. The molecule has 0 saturated heterocycles. The van der Waals surface area contributed by atoms with E-state index in [1.165, 1.54) is 6.26 Å². The smallest absolute Gasteiger partial charge is 0.291 e. The first-order valence-corrected chi connectivity index (χ1v) is 8.48. The number of hydrogen-bond acceptors (Lipinski definition) is 3. The summed E-state index contributed by atoms with van der Waals surface area (Å²) in [5.41, 5.74) is 2.30. The lowest BCUT2D eigenvalue weighted by atomic mass is 9.95. The van der Waals surface area contributed by atoms with Gasteiger partial charge in [-0.1, -0.05) is 37.3 Å². The van der Waals surface area contributed by atoms with Crippen LogP contribution in [-0.2, 0) is 4.79 Å². The maximum absolute atomic E-state index is 12.6. The molecular formula is C21H20N2O3. The van der Waals surface area contributed by atoms with Gasteiger partial charge in [0.25, 0.3) is 5.91 Å². The number of carbonyl (C=O) groups excluding carboxylic acids is 2. The van der Waals surface area contributed by atoms with Crippen molar-refractivity contribution in [1.29, 1.82) is 0 Å². The van der Waals surface area contributed by atoms with Crippen molar-refractivity contribution in [2.45, 2.75) is 19.3 Å². The second-order valence-corrected chi connectivity index (χ2v) is 5.87. The number of amides is 2. The second-order valence-electron chi connectivity index (χ2n) is 5.87. The van der Waals surface area contributed by atoms with Crippen LogP contribution in [0, 0.1) is 0 Å². The quantitative estimate of drug-likeness (QED) is 0.680. The van der Waals surface area contributed by atoms with Crippen LogP contribution in [0.1, 0.15) is 35.4 Å². The fourth-order valence-electron chi connectivity index (χ4n) is 2.72. The number of rotatable bonds is 6. The molecular weight excluding hydrogens is 328 g/mol. The zero-order valence-electron chi connectivity index (χ0n) is 14.4. The van der Waals surface area contributed by atoms with Gasteiger partial charge < -0.3 is 15.1 Å². The van der Waals surface area contributed by atoms with Crippen molar-refractivity contribution in [3.8, 4) is 0 Å². The molecule has 0 spiro atoms. The van der Waals surface area contributed by atoms with Crippen molar-refractivity contribution in [1.82, 2.24) is 0 Å². The average molecular weight is 348 g/mol. The Hall–Kier alpha value is -3.34. The van der Waals surface area contributed by atoms with Gasteiger partial charge >= 0.3 is 0 Å². The molecule has 2 N–H and O–H groups in total. The predicted molar refractivity (Wildman–Crippen MR) is 101 cm³/mol. The van der Waals surface area contributed by atoms with Gasteiger partial charge in [-0.3, -0.25) is 9.59 Å². The van der Waals surface area contributed by atoms with Crippen LogP contribution >= 0.6 is 0 Å². The van der Waals surface area contributed by atoms with E-state index in [-0.39, 0.29) is 23.5 Å². The van der Waals surface area contributed by atoms with E-state index in [2.05, 4.69) is 10.6 Å². The fraction of sp³-hybridized carbons (Fsp3) is 0.143. The van der Waals surface area contributed by atoms with Gasteiger partial charge in [-0.15, -0.1) is 0 Å². The number of nitrogens with one attached hydrogen (secondary N) is 2. The standard InChI is InChI=1S/C21H20N2O3/c1-2-18(15-7-4-3-5-8-15)20(24)22-16-10-12-17(13-11-16)23-21(25)19-9-6-14-26-19/h3-14,18H,2H2,1H3,(H,22,24)(H,23,25)/t18-/m1/s1. The van der Waals surface area contributed by atoms with Gasteiger partial charge in [-0.2, -0.15) is 0 Å². The summed E-state index contributed by atoms with van der Waals surface area (Å²) in [6.07, 6.45) is 2.16. The van der Waals surface area contributed by atoms with Gasteiger partial charge in [0, 0.05) is 11.4 Å². The highest BCUT2D eigenvalue weighted by Gasteiger charge is 2.18. The summed E-state index contributed by atoms with van der Waals surface area (Å²) in [6, 6.07) is 20.0. The average Bonchev–Trinajstić information content (AvgIpc) is 3.20. The monoisotopic (exact) mass is 348 g/mol. The van der Waals surface area contributed by atoms with Crippen molar-refractivity contribution >= 4 is 23.2 Å². The second kappa shape index (κ2) is 8.16. The third-order valence-electron chi connectivity index (χ3n) is 4.08.